The van der Waals surface area contributed by atoms with Gasteiger partial charge in [0.1, 0.15) is 6.04 Å². The number of methoxy groups -OCH3 is 2. The molecule has 0 aromatic heterocycles. The molecule has 0 aliphatic carbocycles. The number of likely N-dealkylation sites (N-methyl/N-ethyl adjacent to an activating group) is 3. The van der Waals surface area contributed by atoms with E-state index >= 15 is 0 Å². The van der Waals surface area contributed by atoms with Crippen molar-refractivity contribution in [3.05, 3.63) is 39.9 Å². The fourth-order valence-electron chi connectivity index (χ4n) is 8.05. The van der Waals surface area contributed by atoms with Crippen molar-refractivity contribution < 1.29 is 33.6 Å². The van der Waals surface area contributed by atoms with E-state index in [2.05, 4.69) is 5.32 Å². The van der Waals surface area contributed by atoms with Crippen LogP contribution in [-0.4, -0.2) is 140 Å². The van der Waals surface area contributed by atoms with E-state index in [1.807, 2.05) is 60.5 Å². The SMILES string of the molecule is CC[C@H](C)[C@@H]([C@@H](CC(=O)N1CCC[C@H]1[C@H](OC)[C@@H](C)C(=O)N(C)CCc1ccccc1[N+](=O)[O-])OC)N(C)C(=O)[C@@H](NC(=O)[C@@H](C(C)C)N(C)C)C(C)C. The monoisotopic (exact) mass is 761 g/mol. The molecule has 1 fully saturated rings. The number of nitrogens with zero attached hydrogens (tertiary/aromatic N) is 5. The van der Waals surface area contributed by atoms with Gasteiger partial charge in [-0.2, -0.15) is 0 Å². The molecule has 0 unspecified atom stereocenters. The van der Waals surface area contributed by atoms with Gasteiger partial charge >= 0.3 is 0 Å². The summed E-state index contributed by atoms with van der Waals surface area (Å²) in [7, 11) is 10.2. The zero-order chi connectivity index (χ0) is 41.0. The third-order valence-corrected chi connectivity index (χ3v) is 11.2. The molecule has 1 saturated heterocycles. The number of para-hydroxylation sites is 1. The van der Waals surface area contributed by atoms with E-state index in [0.29, 0.717) is 24.9 Å². The number of ether oxygens (including phenoxy) is 2. The molecular formula is C40H68N6O8. The molecule has 0 spiro atoms. The quantitative estimate of drug-likeness (QED) is 0.143. The predicted molar refractivity (Wildman–Crippen MR) is 210 cm³/mol. The van der Waals surface area contributed by atoms with Crippen LogP contribution in [0.5, 0.6) is 0 Å². The summed E-state index contributed by atoms with van der Waals surface area (Å²) in [6.07, 6.45) is 1.26. The van der Waals surface area contributed by atoms with Crippen LogP contribution >= 0.6 is 0 Å². The number of nitro groups is 1. The Morgan fingerprint density at radius 1 is 0.963 bits per heavy atom. The van der Waals surface area contributed by atoms with Crippen LogP contribution in [0.2, 0.25) is 0 Å². The van der Waals surface area contributed by atoms with Gasteiger partial charge in [0.15, 0.2) is 0 Å². The maximum atomic E-state index is 14.2. The van der Waals surface area contributed by atoms with Crippen LogP contribution in [0.25, 0.3) is 0 Å². The van der Waals surface area contributed by atoms with Crippen LogP contribution in [0.3, 0.4) is 0 Å². The van der Waals surface area contributed by atoms with Crippen LogP contribution in [0.1, 0.15) is 79.7 Å². The molecule has 1 N–H and O–H groups in total. The van der Waals surface area contributed by atoms with Gasteiger partial charge in [-0.05, 0) is 51.1 Å². The van der Waals surface area contributed by atoms with Crippen LogP contribution < -0.4 is 5.32 Å². The first-order valence-electron chi connectivity index (χ1n) is 19.4. The summed E-state index contributed by atoms with van der Waals surface area (Å²) in [5.41, 5.74) is 0.572. The number of hydrogen-bond donors (Lipinski definition) is 1. The first-order valence-corrected chi connectivity index (χ1v) is 19.4. The number of hydrogen-bond acceptors (Lipinski definition) is 9. The first kappa shape index (κ1) is 46.5. The standard InChI is InChI=1S/C40H68N6O8/c1-14-27(6)36(44(11)40(50)34(25(2)3)41-38(48)35(26(4)5)42(8)9)32(53-12)24-33(47)45-22-17-20-31(45)37(54-13)28(7)39(49)43(10)23-21-29-18-15-16-19-30(29)46(51)52/h15-16,18-19,25-28,31-32,34-37H,14,17,20-24H2,1-13H3,(H,41,48)/t27-,28+,31-,32+,34-,35+,36-,37+/m0/s1. The lowest BCUT2D eigenvalue weighted by Crippen LogP contribution is -2.59. The Balaban J connectivity index is 2.25. The second-order valence-electron chi connectivity index (χ2n) is 15.9. The van der Waals surface area contributed by atoms with E-state index in [1.54, 1.807) is 68.1 Å². The third-order valence-electron chi connectivity index (χ3n) is 11.2. The van der Waals surface area contributed by atoms with Gasteiger partial charge < -0.3 is 29.5 Å². The molecule has 0 radical (unpaired) electrons. The normalized spacial score (nSPS) is 18.5. The first-order chi connectivity index (χ1) is 25.3. The second-order valence-corrected chi connectivity index (χ2v) is 15.9. The van der Waals surface area contributed by atoms with Crippen molar-refractivity contribution in [1.82, 2.24) is 24.9 Å². The fraction of sp³-hybridized carbons (Fsp3) is 0.750. The number of benzene rings is 1. The average molecular weight is 761 g/mol. The second kappa shape index (κ2) is 21.5. The highest BCUT2D eigenvalue weighted by Gasteiger charge is 2.43. The van der Waals surface area contributed by atoms with Gasteiger partial charge in [-0.3, -0.25) is 34.2 Å². The Morgan fingerprint density at radius 2 is 1.59 bits per heavy atom. The topological polar surface area (TPSA) is 155 Å². The molecule has 8 atom stereocenters. The third kappa shape index (κ3) is 11.7. The minimum Gasteiger partial charge on any atom is -0.379 e. The number of likely N-dealkylation sites (tertiary alicyclic amines) is 1. The van der Waals surface area contributed by atoms with Gasteiger partial charge in [0.25, 0.3) is 5.69 Å². The van der Waals surface area contributed by atoms with Gasteiger partial charge in [0, 0.05) is 53.0 Å². The highest BCUT2D eigenvalue weighted by Crippen LogP contribution is 2.30. The van der Waals surface area contributed by atoms with E-state index < -0.39 is 41.2 Å². The fourth-order valence-corrected chi connectivity index (χ4v) is 8.05. The Hall–Kier alpha value is -3.62. The summed E-state index contributed by atoms with van der Waals surface area (Å²) in [4.78, 5) is 73.4. The summed E-state index contributed by atoms with van der Waals surface area (Å²) < 4.78 is 12.0. The molecule has 54 heavy (non-hydrogen) atoms. The van der Waals surface area contributed by atoms with Crippen molar-refractivity contribution >= 4 is 29.3 Å². The molecule has 1 aromatic carbocycles. The number of nitro benzene ring substituents is 1. The van der Waals surface area contributed by atoms with E-state index in [0.717, 1.165) is 12.8 Å². The number of amides is 4. The van der Waals surface area contributed by atoms with Crippen LogP contribution in [0.15, 0.2) is 24.3 Å². The summed E-state index contributed by atoms with van der Waals surface area (Å²) in [5, 5.41) is 14.5. The number of nitrogens with one attached hydrogen (secondary N) is 1. The van der Waals surface area contributed by atoms with Crippen molar-refractivity contribution in [2.24, 2.45) is 23.7 Å². The minimum absolute atomic E-state index is 0.0168. The van der Waals surface area contributed by atoms with Crippen molar-refractivity contribution in [2.45, 2.75) is 117 Å². The Morgan fingerprint density at radius 3 is 2.11 bits per heavy atom. The van der Waals surface area contributed by atoms with E-state index in [9.17, 15) is 29.3 Å². The van der Waals surface area contributed by atoms with Crippen LogP contribution in [-0.2, 0) is 35.1 Å². The molecule has 2 rings (SSSR count). The Kier molecular flexibility index (Phi) is 18.5. The molecule has 4 amide bonds. The van der Waals surface area contributed by atoms with Gasteiger partial charge in [-0.15, -0.1) is 0 Å². The zero-order valence-corrected chi connectivity index (χ0v) is 35.0. The van der Waals surface area contributed by atoms with Gasteiger partial charge in [-0.1, -0.05) is 73.1 Å². The van der Waals surface area contributed by atoms with E-state index in [4.69, 9.17) is 9.47 Å². The summed E-state index contributed by atoms with van der Waals surface area (Å²) in [5.74, 6) is -1.54. The lowest BCUT2D eigenvalue weighted by Gasteiger charge is -2.41. The summed E-state index contributed by atoms with van der Waals surface area (Å²) in [6.45, 7) is 14.4. The number of rotatable bonds is 21. The van der Waals surface area contributed by atoms with Gasteiger partial charge in [0.05, 0.1) is 47.6 Å². The molecule has 1 aliphatic rings. The van der Waals surface area contributed by atoms with Crippen molar-refractivity contribution in [1.29, 1.82) is 0 Å². The van der Waals surface area contributed by atoms with Crippen molar-refractivity contribution in [3.8, 4) is 0 Å². The number of carbonyl (C=O) groups excluding carboxylic acids is 4. The molecule has 0 bridgehead atoms. The maximum absolute atomic E-state index is 14.2. The highest BCUT2D eigenvalue weighted by atomic mass is 16.6. The van der Waals surface area contributed by atoms with Crippen LogP contribution in [0, 0.1) is 33.8 Å². The van der Waals surface area contributed by atoms with Crippen LogP contribution in [0.4, 0.5) is 5.69 Å². The zero-order valence-electron chi connectivity index (χ0n) is 35.0. The van der Waals surface area contributed by atoms with E-state index in [1.165, 1.54) is 6.07 Å². The van der Waals surface area contributed by atoms with Crippen molar-refractivity contribution in [3.63, 3.8) is 0 Å². The molecule has 0 saturated carbocycles. The summed E-state index contributed by atoms with van der Waals surface area (Å²) in [6, 6.07) is 4.53. The molecule has 1 aromatic rings. The van der Waals surface area contributed by atoms with Gasteiger partial charge in [-0.25, -0.2) is 0 Å². The number of carbonyl (C=O) groups is 4. The summed E-state index contributed by atoms with van der Waals surface area (Å²) >= 11 is 0. The Bertz CT molecular complexity index is 1400. The van der Waals surface area contributed by atoms with Crippen molar-refractivity contribution in [2.75, 3.05) is 55.5 Å². The molecule has 1 heterocycles. The highest BCUT2D eigenvalue weighted by molar-refractivity contribution is 5.90. The lowest BCUT2D eigenvalue weighted by atomic mass is 9.89. The molecule has 1 aliphatic heterocycles. The van der Waals surface area contributed by atoms with Gasteiger partial charge in [0.2, 0.25) is 23.6 Å². The minimum atomic E-state index is -0.770. The molecular weight excluding hydrogens is 692 g/mol. The largest absolute Gasteiger partial charge is 0.379 e. The van der Waals surface area contributed by atoms with E-state index in [-0.39, 0.29) is 66.1 Å². The molecule has 306 valence electrons. The maximum Gasteiger partial charge on any atom is 0.272 e. The Labute approximate surface area is 323 Å². The predicted octanol–water partition coefficient (Wildman–Crippen LogP) is 4.24. The smallest absolute Gasteiger partial charge is 0.272 e. The molecule has 14 heteroatoms. The average Bonchev–Trinajstić information content (AvgIpc) is 3.61. The lowest BCUT2D eigenvalue weighted by molar-refractivity contribution is -0.385. The molecule has 14 nitrogen and oxygen atoms in total.